The van der Waals surface area contributed by atoms with Gasteiger partial charge in [0.25, 0.3) is 5.91 Å². The standard InChI is InChI=1S/C16H16N4O/c1-10-18-9-13-14(19-10)7-12-4-5-15(13)20(12)16(21)11-3-2-6-17-8-11/h2-3,6,8-9,12,15H,4-5,7H2,1H3. The van der Waals surface area contributed by atoms with Crippen molar-refractivity contribution in [2.75, 3.05) is 0 Å². The van der Waals surface area contributed by atoms with Crippen LogP contribution in [0.25, 0.3) is 0 Å². The maximum absolute atomic E-state index is 12.8. The first-order chi connectivity index (χ1) is 10.2. The highest BCUT2D eigenvalue weighted by molar-refractivity contribution is 5.94. The maximum atomic E-state index is 12.8. The Kier molecular flexibility index (Phi) is 2.74. The lowest BCUT2D eigenvalue weighted by Crippen LogP contribution is -2.42. The molecule has 2 atom stereocenters. The number of aromatic nitrogens is 3. The Balaban J connectivity index is 1.73. The number of nitrogens with zero attached hydrogens (tertiary/aromatic N) is 4. The number of fused-ring (bicyclic) bond motifs is 4. The lowest BCUT2D eigenvalue weighted by molar-refractivity contribution is 0.0643. The van der Waals surface area contributed by atoms with Gasteiger partial charge in [-0.15, -0.1) is 0 Å². The molecule has 106 valence electrons. The minimum atomic E-state index is 0.0711. The number of carbonyl (C=O) groups is 1. The summed E-state index contributed by atoms with van der Waals surface area (Å²) in [6.45, 7) is 1.91. The summed E-state index contributed by atoms with van der Waals surface area (Å²) in [7, 11) is 0. The molecule has 2 unspecified atom stereocenters. The third kappa shape index (κ3) is 1.92. The summed E-state index contributed by atoms with van der Waals surface area (Å²) >= 11 is 0. The molecule has 5 nitrogen and oxygen atoms in total. The van der Waals surface area contributed by atoms with Crippen LogP contribution in [0.4, 0.5) is 0 Å². The first-order valence-electron chi connectivity index (χ1n) is 7.29. The maximum Gasteiger partial charge on any atom is 0.256 e. The molecule has 2 aromatic rings. The molecule has 0 aromatic carbocycles. The SMILES string of the molecule is Cc1ncc2c(n1)CC1CCC2N1C(=O)c1cccnc1. The molecule has 0 aliphatic carbocycles. The predicted molar refractivity (Wildman–Crippen MR) is 76.6 cm³/mol. The largest absolute Gasteiger partial charge is 0.328 e. The summed E-state index contributed by atoms with van der Waals surface area (Å²) in [5.41, 5.74) is 2.89. The van der Waals surface area contributed by atoms with E-state index < -0.39 is 0 Å². The second-order valence-corrected chi connectivity index (χ2v) is 5.72. The Bertz CT molecular complexity index is 701. The normalized spacial score (nSPS) is 23.0. The molecule has 21 heavy (non-hydrogen) atoms. The summed E-state index contributed by atoms with van der Waals surface area (Å²) in [6, 6.07) is 4.01. The van der Waals surface area contributed by atoms with Crippen LogP contribution in [-0.4, -0.2) is 31.8 Å². The van der Waals surface area contributed by atoms with Gasteiger partial charge in [-0.2, -0.15) is 0 Å². The van der Waals surface area contributed by atoms with Gasteiger partial charge in [0.2, 0.25) is 0 Å². The summed E-state index contributed by atoms with van der Waals surface area (Å²) in [6.07, 6.45) is 8.09. The topological polar surface area (TPSA) is 59.0 Å². The molecule has 1 saturated heterocycles. The van der Waals surface area contributed by atoms with Crippen LogP contribution in [0.3, 0.4) is 0 Å². The van der Waals surface area contributed by atoms with Crippen molar-refractivity contribution in [2.45, 2.75) is 38.3 Å². The Labute approximate surface area is 123 Å². The molecule has 1 amide bonds. The summed E-state index contributed by atoms with van der Waals surface area (Å²) in [5.74, 6) is 0.877. The fourth-order valence-electron chi connectivity index (χ4n) is 3.53. The van der Waals surface area contributed by atoms with Crippen LogP contribution in [0.5, 0.6) is 0 Å². The fraction of sp³-hybridized carbons (Fsp3) is 0.375. The predicted octanol–water partition coefficient (Wildman–Crippen LogP) is 2.08. The second-order valence-electron chi connectivity index (χ2n) is 5.72. The van der Waals surface area contributed by atoms with Gasteiger partial charge in [-0.3, -0.25) is 9.78 Å². The molecule has 2 aliphatic rings. The van der Waals surface area contributed by atoms with Crippen molar-refractivity contribution in [3.8, 4) is 0 Å². The monoisotopic (exact) mass is 280 g/mol. The van der Waals surface area contributed by atoms with E-state index in [0.717, 1.165) is 36.3 Å². The number of amides is 1. The van der Waals surface area contributed by atoms with Crippen molar-refractivity contribution >= 4 is 5.91 Å². The van der Waals surface area contributed by atoms with Gasteiger partial charge in [-0.25, -0.2) is 9.97 Å². The van der Waals surface area contributed by atoms with E-state index in [9.17, 15) is 4.79 Å². The Morgan fingerprint density at radius 1 is 1.33 bits per heavy atom. The fourth-order valence-corrected chi connectivity index (χ4v) is 3.53. The van der Waals surface area contributed by atoms with Crippen molar-refractivity contribution < 1.29 is 4.79 Å². The molecule has 0 spiro atoms. The van der Waals surface area contributed by atoms with Crippen molar-refractivity contribution in [3.63, 3.8) is 0 Å². The number of rotatable bonds is 1. The van der Waals surface area contributed by atoms with Gasteiger partial charge >= 0.3 is 0 Å². The molecule has 0 N–H and O–H groups in total. The number of hydrogen-bond donors (Lipinski definition) is 0. The molecule has 0 saturated carbocycles. The van der Waals surface area contributed by atoms with Crippen LogP contribution in [0.2, 0.25) is 0 Å². The van der Waals surface area contributed by atoms with E-state index in [1.54, 1.807) is 18.5 Å². The van der Waals surface area contributed by atoms with Crippen LogP contribution >= 0.6 is 0 Å². The van der Waals surface area contributed by atoms with E-state index in [0.29, 0.717) is 5.56 Å². The summed E-state index contributed by atoms with van der Waals surface area (Å²) in [5, 5.41) is 0. The van der Waals surface area contributed by atoms with Crippen LogP contribution in [-0.2, 0) is 6.42 Å². The molecule has 2 aromatic heterocycles. The van der Waals surface area contributed by atoms with Gasteiger partial charge in [-0.05, 0) is 31.9 Å². The highest BCUT2D eigenvalue weighted by atomic mass is 16.2. The highest BCUT2D eigenvalue weighted by Crippen LogP contribution is 2.43. The number of aryl methyl sites for hydroxylation is 1. The Morgan fingerprint density at radius 2 is 2.24 bits per heavy atom. The lowest BCUT2D eigenvalue weighted by Gasteiger charge is -2.35. The van der Waals surface area contributed by atoms with Crippen LogP contribution in [0, 0.1) is 6.92 Å². The molecule has 2 aliphatic heterocycles. The second kappa shape index (κ2) is 4.62. The molecule has 1 fully saturated rings. The van der Waals surface area contributed by atoms with Crippen LogP contribution in [0.15, 0.2) is 30.7 Å². The van der Waals surface area contributed by atoms with Gasteiger partial charge in [0.05, 0.1) is 17.3 Å². The molecular weight excluding hydrogens is 264 g/mol. The number of pyridine rings is 1. The van der Waals surface area contributed by atoms with Crippen molar-refractivity contribution in [3.05, 3.63) is 53.4 Å². The number of carbonyl (C=O) groups excluding carboxylic acids is 1. The van der Waals surface area contributed by atoms with Gasteiger partial charge in [-0.1, -0.05) is 0 Å². The lowest BCUT2D eigenvalue weighted by atomic mass is 9.98. The zero-order chi connectivity index (χ0) is 14.4. The van der Waals surface area contributed by atoms with E-state index in [2.05, 4.69) is 15.0 Å². The van der Waals surface area contributed by atoms with Crippen molar-refractivity contribution in [2.24, 2.45) is 0 Å². The minimum absolute atomic E-state index is 0.0711. The van der Waals surface area contributed by atoms with E-state index in [1.165, 1.54) is 0 Å². The van der Waals surface area contributed by atoms with Gasteiger partial charge < -0.3 is 4.90 Å². The molecule has 5 heteroatoms. The average Bonchev–Trinajstić information content (AvgIpc) is 2.82. The zero-order valence-electron chi connectivity index (χ0n) is 11.9. The third-order valence-corrected chi connectivity index (χ3v) is 4.45. The quantitative estimate of drug-likeness (QED) is 0.802. The van der Waals surface area contributed by atoms with E-state index in [1.807, 2.05) is 24.1 Å². The first kappa shape index (κ1) is 12.4. The average molecular weight is 280 g/mol. The Hall–Kier alpha value is -2.30. The Morgan fingerprint density at radius 3 is 3.05 bits per heavy atom. The summed E-state index contributed by atoms with van der Waals surface area (Å²) in [4.78, 5) is 27.7. The molecule has 4 heterocycles. The van der Waals surface area contributed by atoms with Crippen LogP contribution in [0.1, 0.15) is 46.3 Å². The van der Waals surface area contributed by atoms with Gasteiger partial charge in [0, 0.05) is 36.6 Å². The molecule has 2 bridgehead atoms. The highest BCUT2D eigenvalue weighted by Gasteiger charge is 2.43. The molecule has 0 radical (unpaired) electrons. The zero-order valence-corrected chi connectivity index (χ0v) is 11.9. The van der Waals surface area contributed by atoms with Gasteiger partial charge in [0.15, 0.2) is 0 Å². The smallest absolute Gasteiger partial charge is 0.256 e. The first-order valence-corrected chi connectivity index (χ1v) is 7.29. The van der Waals surface area contributed by atoms with Crippen LogP contribution < -0.4 is 0 Å². The third-order valence-electron chi connectivity index (χ3n) is 4.45. The summed E-state index contributed by atoms with van der Waals surface area (Å²) < 4.78 is 0. The van der Waals surface area contributed by atoms with Crippen molar-refractivity contribution in [1.82, 2.24) is 19.9 Å². The van der Waals surface area contributed by atoms with Crippen molar-refractivity contribution in [1.29, 1.82) is 0 Å². The van der Waals surface area contributed by atoms with E-state index in [-0.39, 0.29) is 18.0 Å². The number of hydrogen-bond acceptors (Lipinski definition) is 4. The van der Waals surface area contributed by atoms with E-state index >= 15 is 0 Å². The molecule has 4 rings (SSSR count). The molecular formula is C16H16N4O. The van der Waals surface area contributed by atoms with E-state index in [4.69, 9.17) is 0 Å². The minimum Gasteiger partial charge on any atom is -0.328 e. The van der Waals surface area contributed by atoms with Gasteiger partial charge in [0.1, 0.15) is 5.82 Å².